The highest BCUT2D eigenvalue weighted by atomic mass is 35.5. The second kappa shape index (κ2) is 13.3. The average Bonchev–Trinajstić information content (AvgIpc) is 3.37. The first-order chi connectivity index (χ1) is 17.6. The summed E-state index contributed by atoms with van der Waals surface area (Å²) >= 11 is 12.1. The summed E-state index contributed by atoms with van der Waals surface area (Å²) in [5.74, 6) is -2.30. The van der Waals surface area contributed by atoms with Crippen LogP contribution < -0.4 is 5.73 Å². The Morgan fingerprint density at radius 2 is 1.73 bits per heavy atom. The molecular formula is C24H32Cl2N4O7. The van der Waals surface area contributed by atoms with E-state index in [9.17, 15) is 19.2 Å². The third-order valence-electron chi connectivity index (χ3n) is 6.63. The van der Waals surface area contributed by atoms with Gasteiger partial charge in [0.1, 0.15) is 12.6 Å². The maximum atomic E-state index is 13.5. The molecule has 0 aromatic heterocycles. The topological polar surface area (TPSA) is 143 Å². The highest BCUT2D eigenvalue weighted by molar-refractivity contribution is 6.42. The molecule has 0 radical (unpaired) electrons. The van der Waals surface area contributed by atoms with Gasteiger partial charge in [0.05, 0.1) is 42.1 Å². The number of nitrogens with two attached hydrogens (primary N) is 1. The van der Waals surface area contributed by atoms with E-state index in [1.165, 1.54) is 12.0 Å². The molecule has 37 heavy (non-hydrogen) atoms. The minimum Gasteiger partial charge on any atom is -0.481 e. The van der Waals surface area contributed by atoms with E-state index in [-0.39, 0.29) is 32.0 Å². The van der Waals surface area contributed by atoms with Crippen LogP contribution in [0.2, 0.25) is 10.0 Å². The molecule has 3 N–H and O–H groups in total. The Kier molecular flexibility index (Phi) is 10.4. The van der Waals surface area contributed by atoms with E-state index < -0.39 is 42.6 Å². The number of halogens is 2. The molecule has 0 bridgehead atoms. The zero-order valence-corrected chi connectivity index (χ0v) is 22.1. The molecule has 2 amide bonds. The molecule has 1 aromatic carbocycles. The van der Waals surface area contributed by atoms with Gasteiger partial charge in [-0.25, -0.2) is 4.79 Å². The summed E-state index contributed by atoms with van der Waals surface area (Å²) < 4.78 is 10.3. The van der Waals surface area contributed by atoms with E-state index in [1.54, 1.807) is 23.1 Å². The van der Waals surface area contributed by atoms with Crippen LogP contribution in [0.4, 0.5) is 4.79 Å². The molecule has 11 nitrogen and oxygen atoms in total. The van der Waals surface area contributed by atoms with Crippen molar-refractivity contribution in [3.63, 3.8) is 0 Å². The summed E-state index contributed by atoms with van der Waals surface area (Å²) in [4.78, 5) is 54.8. The van der Waals surface area contributed by atoms with Gasteiger partial charge < -0.3 is 30.1 Å². The van der Waals surface area contributed by atoms with Gasteiger partial charge in [0.2, 0.25) is 5.91 Å². The number of esters is 1. The first kappa shape index (κ1) is 29.0. The first-order valence-electron chi connectivity index (χ1n) is 12.0. The Morgan fingerprint density at radius 1 is 1.05 bits per heavy atom. The number of nitrogens with zero attached hydrogens (tertiary/aromatic N) is 3. The van der Waals surface area contributed by atoms with Crippen LogP contribution >= 0.6 is 23.2 Å². The van der Waals surface area contributed by atoms with Crippen LogP contribution in [-0.2, 0) is 30.3 Å². The first-order valence-corrected chi connectivity index (χ1v) is 12.8. The number of hydrogen-bond acceptors (Lipinski definition) is 8. The molecular weight excluding hydrogens is 527 g/mol. The van der Waals surface area contributed by atoms with Crippen molar-refractivity contribution in [1.82, 2.24) is 14.7 Å². The number of amides is 2. The Hall–Kier alpha value is -2.60. The minimum absolute atomic E-state index is 0.0710. The number of aliphatic carboxylic acids is 1. The molecule has 1 aromatic rings. The van der Waals surface area contributed by atoms with Crippen LogP contribution in [0, 0.1) is 0 Å². The number of carboxylic acids is 1. The molecule has 13 heteroatoms. The van der Waals surface area contributed by atoms with Crippen LogP contribution in [0.3, 0.4) is 0 Å². The van der Waals surface area contributed by atoms with Crippen LogP contribution in [0.5, 0.6) is 0 Å². The van der Waals surface area contributed by atoms with Crippen molar-refractivity contribution in [3.8, 4) is 0 Å². The second-order valence-electron chi connectivity index (χ2n) is 9.15. The number of ether oxygens (including phenoxy) is 2. The maximum absolute atomic E-state index is 13.5. The van der Waals surface area contributed by atoms with Crippen molar-refractivity contribution >= 4 is 47.1 Å². The highest BCUT2D eigenvalue weighted by Gasteiger charge is 2.43. The van der Waals surface area contributed by atoms with E-state index in [0.29, 0.717) is 22.2 Å². The van der Waals surface area contributed by atoms with Gasteiger partial charge in [0.25, 0.3) is 0 Å². The van der Waals surface area contributed by atoms with Gasteiger partial charge in [-0.1, -0.05) is 29.3 Å². The minimum atomic E-state index is -1.35. The lowest BCUT2D eigenvalue weighted by Crippen LogP contribution is -2.66. The van der Waals surface area contributed by atoms with Gasteiger partial charge in [-0.2, -0.15) is 0 Å². The van der Waals surface area contributed by atoms with Gasteiger partial charge in [-0.3, -0.25) is 19.3 Å². The van der Waals surface area contributed by atoms with Crippen LogP contribution in [0.25, 0.3) is 0 Å². The molecule has 2 aliphatic heterocycles. The fraction of sp³-hybridized carbons (Fsp3) is 0.583. The number of rotatable bonds is 9. The molecule has 3 atom stereocenters. The predicted octanol–water partition coefficient (Wildman–Crippen LogP) is 1.62. The standard InChI is InChI=1S/C24H32Cl2N4O7/c1-36-24(35)30-9-8-29(21(31)11-15-4-5-16(25)17(26)10-15)19(13-28-6-2-3-7-28)20(30)14-37-23(34)18(27)12-22(32)33/h4-5,10,18-20H,2-3,6-9,11-14,27H2,1H3,(H,32,33)/t18-,19+,20-/m0/s1. The van der Waals surface area contributed by atoms with Crippen LogP contribution in [0.1, 0.15) is 24.8 Å². The van der Waals surface area contributed by atoms with Crippen molar-refractivity contribution in [2.45, 2.75) is 43.8 Å². The number of carbonyl (C=O) groups is 4. The van der Waals surface area contributed by atoms with Gasteiger partial charge >= 0.3 is 18.0 Å². The quantitative estimate of drug-likeness (QED) is 0.432. The highest BCUT2D eigenvalue weighted by Crippen LogP contribution is 2.26. The van der Waals surface area contributed by atoms with E-state index >= 15 is 0 Å². The Morgan fingerprint density at radius 3 is 2.35 bits per heavy atom. The van der Waals surface area contributed by atoms with E-state index in [4.69, 9.17) is 43.5 Å². The van der Waals surface area contributed by atoms with Crippen LogP contribution in [-0.4, -0.2) is 108 Å². The summed E-state index contributed by atoms with van der Waals surface area (Å²) in [7, 11) is 1.26. The molecule has 2 saturated heterocycles. The summed E-state index contributed by atoms with van der Waals surface area (Å²) in [5, 5.41) is 9.66. The summed E-state index contributed by atoms with van der Waals surface area (Å²) in [6, 6.07) is 2.43. The van der Waals surface area contributed by atoms with Gasteiger partial charge in [-0.15, -0.1) is 0 Å². The summed E-state index contributed by atoms with van der Waals surface area (Å²) in [6.07, 6.45) is 0.916. The van der Waals surface area contributed by atoms with Crippen molar-refractivity contribution < 1.29 is 33.8 Å². The van der Waals surface area contributed by atoms with Crippen molar-refractivity contribution in [2.24, 2.45) is 5.73 Å². The van der Waals surface area contributed by atoms with Crippen LogP contribution in [0.15, 0.2) is 18.2 Å². The molecule has 2 heterocycles. The van der Waals surface area contributed by atoms with Gasteiger partial charge in [0, 0.05) is 19.6 Å². The molecule has 3 rings (SSSR count). The van der Waals surface area contributed by atoms with Gasteiger partial charge in [0.15, 0.2) is 0 Å². The Bertz CT molecular complexity index is 1010. The third kappa shape index (κ3) is 7.70. The smallest absolute Gasteiger partial charge is 0.409 e. The number of carboxylic acid groups (broad SMARTS) is 1. The Labute approximate surface area is 225 Å². The average molecular weight is 559 g/mol. The van der Waals surface area contributed by atoms with Crippen molar-refractivity contribution in [3.05, 3.63) is 33.8 Å². The lowest BCUT2D eigenvalue weighted by Gasteiger charge is -2.47. The zero-order valence-electron chi connectivity index (χ0n) is 20.6. The number of benzene rings is 1. The van der Waals surface area contributed by atoms with E-state index in [1.807, 2.05) is 0 Å². The lowest BCUT2D eigenvalue weighted by atomic mass is 9.99. The van der Waals surface area contributed by atoms with Crippen molar-refractivity contribution in [2.75, 3.05) is 46.4 Å². The fourth-order valence-corrected chi connectivity index (χ4v) is 5.06. The zero-order chi connectivity index (χ0) is 27.1. The number of piperazine rings is 1. The SMILES string of the molecule is COC(=O)N1CCN(C(=O)Cc2ccc(Cl)c(Cl)c2)[C@H](CN2CCCC2)[C@@H]1COC(=O)[C@@H](N)CC(=O)O. The molecule has 204 valence electrons. The number of hydrogen-bond donors (Lipinski definition) is 2. The summed E-state index contributed by atoms with van der Waals surface area (Å²) in [5.41, 5.74) is 6.34. The van der Waals surface area contributed by atoms with Gasteiger partial charge in [-0.05, 0) is 43.6 Å². The molecule has 0 saturated carbocycles. The molecule has 0 spiro atoms. The number of carbonyl (C=O) groups excluding carboxylic acids is 3. The van der Waals surface area contributed by atoms with E-state index in [2.05, 4.69) is 4.90 Å². The molecule has 0 unspecified atom stereocenters. The molecule has 0 aliphatic carbocycles. The number of likely N-dealkylation sites (tertiary alicyclic amines) is 1. The predicted molar refractivity (Wildman–Crippen MR) is 135 cm³/mol. The third-order valence-corrected chi connectivity index (χ3v) is 7.37. The van der Waals surface area contributed by atoms with Crippen molar-refractivity contribution in [1.29, 1.82) is 0 Å². The largest absolute Gasteiger partial charge is 0.481 e. The number of methoxy groups -OCH3 is 1. The Balaban J connectivity index is 1.85. The lowest BCUT2D eigenvalue weighted by molar-refractivity contribution is -0.153. The maximum Gasteiger partial charge on any atom is 0.409 e. The molecule has 2 fully saturated rings. The normalized spacial score (nSPS) is 21.0. The van der Waals surface area contributed by atoms with E-state index in [0.717, 1.165) is 25.9 Å². The second-order valence-corrected chi connectivity index (χ2v) is 9.97. The monoisotopic (exact) mass is 558 g/mol. The summed E-state index contributed by atoms with van der Waals surface area (Å²) in [6.45, 7) is 2.32. The molecule has 2 aliphatic rings. The fourth-order valence-electron chi connectivity index (χ4n) is 4.74.